The molecule has 6 heteroatoms. The Hall–Kier alpha value is -1.95. The molecule has 0 amide bonds. The summed E-state index contributed by atoms with van der Waals surface area (Å²) in [5.41, 5.74) is 2.15. The topological polar surface area (TPSA) is 58.9 Å². The van der Waals surface area contributed by atoms with E-state index in [1.807, 2.05) is 26.2 Å². The van der Waals surface area contributed by atoms with Crippen molar-refractivity contribution in [3.05, 3.63) is 30.1 Å². The number of tetrazole rings is 1. The molecular weight excluding hydrogens is 240 g/mol. The van der Waals surface area contributed by atoms with Crippen LogP contribution in [0.4, 0.5) is 5.69 Å². The molecule has 1 saturated carbocycles. The lowest BCUT2D eigenvalue weighted by atomic mass is 10.2. The molecule has 19 heavy (non-hydrogen) atoms. The molecule has 0 atom stereocenters. The van der Waals surface area contributed by atoms with Crippen LogP contribution in [0.25, 0.3) is 5.69 Å². The van der Waals surface area contributed by atoms with E-state index in [1.165, 1.54) is 12.8 Å². The van der Waals surface area contributed by atoms with Gasteiger partial charge in [0.1, 0.15) is 0 Å². The standard InChI is InChI=1S/C13H18N6/c1-18(2)11-5-7-12(8-6-11)19-13(15-16-17-19)9-14-10-3-4-10/h5-8,10,14H,3-4,9H2,1-2H3. The Morgan fingerprint density at radius 3 is 2.63 bits per heavy atom. The van der Waals surface area contributed by atoms with E-state index in [0.29, 0.717) is 12.6 Å². The van der Waals surface area contributed by atoms with Gasteiger partial charge in [-0.25, -0.2) is 0 Å². The monoisotopic (exact) mass is 258 g/mol. The van der Waals surface area contributed by atoms with E-state index in [4.69, 9.17) is 0 Å². The largest absolute Gasteiger partial charge is 0.378 e. The molecule has 0 radical (unpaired) electrons. The van der Waals surface area contributed by atoms with Gasteiger partial charge in [-0.2, -0.15) is 4.68 Å². The number of nitrogens with one attached hydrogen (secondary N) is 1. The van der Waals surface area contributed by atoms with Crippen molar-refractivity contribution >= 4 is 5.69 Å². The highest BCUT2D eigenvalue weighted by atomic mass is 15.5. The van der Waals surface area contributed by atoms with Crippen LogP contribution in [0, 0.1) is 0 Å². The van der Waals surface area contributed by atoms with Crippen molar-refractivity contribution in [3.8, 4) is 5.69 Å². The molecule has 1 aliphatic carbocycles. The van der Waals surface area contributed by atoms with Gasteiger partial charge in [-0.3, -0.25) is 0 Å². The van der Waals surface area contributed by atoms with Crippen LogP contribution in [0.1, 0.15) is 18.7 Å². The number of hydrogen-bond acceptors (Lipinski definition) is 5. The highest BCUT2D eigenvalue weighted by Gasteiger charge is 2.21. The molecule has 1 heterocycles. The Morgan fingerprint density at radius 1 is 1.26 bits per heavy atom. The molecule has 1 aromatic heterocycles. The van der Waals surface area contributed by atoms with Gasteiger partial charge in [0.15, 0.2) is 5.82 Å². The highest BCUT2D eigenvalue weighted by molar-refractivity contribution is 5.49. The van der Waals surface area contributed by atoms with E-state index in [-0.39, 0.29) is 0 Å². The van der Waals surface area contributed by atoms with Crippen molar-refractivity contribution in [2.75, 3.05) is 19.0 Å². The molecule has 0 spiro atoms. The van der Waals surface area contributed by atoms with Gasteiger partial charge in [0.25, 0.3) is 0 Å². The van der Waals surface area contributed by atoms with Crippen molar-refractivity contribution in [3.63, 3.8) is 0 Å². The molecule has 1 fully saturated rings. The lowest BCUT2D eigenvalue weighted by molar-refractivity contribution is 0.638. The average Bonchev–Trinajstić information content (AvgIpc) is 3.13. The second-order valence-electron chi connectivity index (χ2n) is 5.07. The van der Waals surface area contributed by atoms with Crippen LogP contribution in [0.2, 0.25) is 0 Å². The maximum Gasteiger partial charge on any atom is 0.170 e. The SMILES string of the molecule is CN(C)c1ccc(-n2nnnc2CNC2CC2)cc1. The second kappa shape index (κ2) is 4.97. The van der Waals surface area contributed by atoms with E-state index < -0.39 is 0 Å². The zero-order valence-corrected chi connectivity index (χ0v) is 11.2. The number of benzene rings is 1. The van der Waals surface area contributed by atoms with E-state index in [0.717, 1.165) is 17.2 Å². The molecule has 2 aromatic rings. The lowest BCUT2D eigenvalue weighted by Crippen LogP contribution is -2.19. The van der Waals surface area contributed by atoms with Crippen molar-refractivity contribution < 1.29 is 0 Å². The normalized spacial score (nSPS) is 14.6. The van der Waals surface area contributed by atoms with Gasteiger partial charge in [0.2, 0.25) is 0 Å². The predicted molar refractivity (Wildman–Crippen MR) is 73.3 cm³/mol. The molecule has 1 aliphatic rings. The van der Waals surface area contributed by atoms with Crippen LogP contribution in [0.15, 0.2) is 24.3 Å². The predicted octanol–water partition coefficient (Wildman–Crippen LogP) is 0.980. The van der Waals surface area contributed by atoms with E-state index in [2.05, 4.69) is 37.9 Å². The molecule has 0 unspecified atom stereocenters. The number of hydrogen-bond donors (Lipinski definition) is 1. The fourth-order valence-electron chi connectivity index (χ4n) is 1.93. The molecule has 3 rings (SSSR count). The Balaban J connectivity index is 1.78. The van der Waals surface area contributed by atoms with E-state index in [9.17, 15) is 0 Å². The summed E-state index contributed by atoms with van der Waals surface area (Å²) in [5, 5.41) is 15.3. The number of anilines is 1. The first-order valence-corrected chi connectivity index (χ1v) is 6.52. The third-order valence-corrected chi connectivity index (χ3v) is 3.27. The Kier molecular flexibility index (Phi) is 3.16. The molecule has 100 valence electrons. The molecule has 1 aromatic carbocycles. The maximum atomic E-state index is 4.08. The van der Waals surface area contributed by atoms with Crippen LogP contribution in [0.3, 0.4) is 0 Å². The van der Waals surface area contributed by atoms with Crippen molar-refractivity contribution in [2.24, 2.45) is 0 Å². The first kappa shape index (κ1) is 12.1. The van der Waals surface area contributed by atoms with E-state index in [1.54, 1.807) is 4.68 Å². The summed E-state index contributed by atoms with van der Waals surface area (Å²) >= 11 is 0. The van der Waals surface area contributed by atoms with Gasteiger partial charge in [0, 0.05) is 25.8 Å². The molecule has 6 nitrogen and oxygen atoms in total. The zero-order chi connectivity index (χ0) is 13.2. The first-order chi connectivity index (χ1) is 9.24. The third-order valence-electron chi connectivity index (χ3n) is 3.27. The lowest BCUT2D eigenvalue weighted by Gasteiger charge is -2.13. The molecular formula is C13H18N6. The molecule has 0 saturated heterocycles. The van der Waals surface area contributed by atoms with Gasteiger partial charge in [-0.05, 0) is 47.5 Å². The van der Waals surface area contributed by atoms with Crippen LogP contribution in [-0.4, -0.2) is 40.3 Å². The van der Waals surface area contributed by atoms with Crippen LogP contribution >= 0.6 is 0 Å². The number of rotatable bonds is 5. The zero-order valence-electron chi connectivity index (χ0n) is 11.2. The Labute approximate surface area is 112 Å². The summed E-state index contributed by atoms with van der Waals surface area (Å²) < 4.78 is 1.79. The number of aromatic nitrogens is 4. The average molecular weight is 258 g/mol. The van der Waals surface area contributed by atoms with E-state index >= 15 is 0 Å². The minimum absolute atomic E-state index is 0.654. The van der Waals surface area contributed by atoms with Crippen molar-refractivity contribution in [1.29, 1.82) is 0 Å². The fraction of sp³-hybridized carbons (Fsp3) is 0.462. The summed E-state index contributed by atoms with van der Waals surface area (Å²) in [6, 6.07) is 8.85. The van der Waals surface area contributed by atoms with Gasteiger partial charge in [-0.1, -0.05) is 0 Å². The smallest absolute Gasteiger partial charge is 0.170 e. The van der Waals surface area contributed by atoms with Crippen LogP contribution < -0.4 is 10.2 Å². The van der Waals surface area contributed by atoms with Crippen molar-refractivity contribution in [1.82, 2.24) is 25.5 Å². The molecule has 0 aliphatic heterocycles. The number of nitrogens with zero attached hydrogens (tertiary/aromatic N) is 5. The maximum absolute atomic E-state index is 4.08. The Bertz CT molecular complexity index is 541. The summed E-state index contributed by atoms with van der Waals surface area (Å²) in [6.45, 7) is 0.715. The van der Waals surface area contributed by atoms with Gasteiger partial charge >= 0.3 is 0 Å². The minimum atomic E-state index is 0.654. The fourth-order valence-corrected chi connectivity index (χ4v) is 1.93. The minimum Gasteiger partial charge on any atom is -0.378 e. The first-order valence-electron chi connectivity index (χ1n) is 6.52. The third kappa shape index (κ3) is 2.73. The van der Waals surface area contributed by atoms with Gasteiger partial charge < -0.3 is 10.2 Å². The van der Waals surface area contributed by atoms with Crippen LogP contribution in [0.5, 0.6) is 0 Å². The Morgan fingerprint density at radius 2 is 2.00 bits per heavy atom. The highest BCUT2D eigenvalue weighted by Crippen LogP contribution is 2.19. The van der Waals surface area contributed by atoms with Crippen molar-refractivity contribution in [2.45, 2.75) is 25.4 Å². The summed E-state index contributed by atoms with van der Waals surface area (Å²) in [6.07, 6.45) is 2.53. The van der Waals surface area contributed by atoms with Crippen LogP contribution in [-0.2, 0) is 6.54 Å². The summed E-state index contributed by atoms with van der Waals surface area (Å²) in [4.78, 5) is 2.07. The second-order valence-corrected chi connectivity index (χ2v) is 5.07. The van der Waals surface area contributed by atoms with Gasteiger partial charge in [-0.15, -0.1) is 5.10 Å². The molecule has 1 N–H and O–H groups in total. The summed E-state index contributed by atoms with van der Waals surface area (Å²) in [7, 11) is 4.05. The molecule has 0 bridgehead atoms. The van der Waals surface area contributed by atoms with Gasteiger partial charge in [0.05, 0.1) is 12.2 Å². The quantitative estimate of drug-likeness (QED) is 0.866. The summed E-state index contributed by atoms with van der Waals surface area (Å²) in [5.74, 6) is 0.851.